The van der Waals surface area contributed by atoms with Crippen LogP contribution in [0.3, 0.4) is 0 Å². The first kappa shape index (κ1) is 19.4. The summed E-state index contributed by atoms with van der Waals surface area (Å²) in [4.78, 5) is 12.3. The average molecular weight is 429 g/mol. The molecule has 0 bridgehead atoms. The van der Waals surface area contributed by atoms with Crippen molar-refractivity contribution in [1.82, 2.24) is 0 Å². The molecule has 0 unspecified atom stereocenters. The zero-order valence-corrected chi connectivity index (χ0v) is 16.4. The Morgan fingerprint density at radius 3 is 2.52 bits per heavy atom. The Morgan fingerprint density at radius 2 is 1.92 bits per heavy atom. The summed E-state index contributed by atoms with van der Waals surface area (Å²) < 4.78 is 39.7. The summed E-state index contributed by atoms with van der Waals surface area (Å²) >= 11 is 3.13. The number of nitrogens with one attached hydrogen (secondary N) is 1. The van der Waals surface area contributed by atoms with E-state index < -0.39 is 28.3 Å². The van der Waals surface area contributed by atoms with Gasteiger partial charge < -0.3 is 5.32 Å². The summed E-state index contributed by atoms with van der Waals surface area (Å²) in [6.45, 7) is 3.20. The summed E-state index contributed by atoms with van der Waals surface area (Å²) in [5.41, 5.74) is 2.08. The molecule has 25 heavy (non-hydrogen) atoms. The van der Waals surface area contributed by atoms with E-state index in [1.54, 1.807) is 25.1 Å². The molecule has 0 saturated heterocycles. The molecule has 0 aliphatic heterocycles. The summed E-state index contributed by atoms with van der Waals surface area (Å²) in [6, 6.07) is 9.42. The Balaban J connectivity index is 2.29. The van der Waals surface area contributed by atoms with Crippen molar-refractivity contribution >= 4 is 43.2 Å². The van der Waals surface area contributed by atoms with Crippen molar-refractivity contribution in [1.29, 1.82) is 0 Å². The summed E-state index contributed by atoms with van der Waals surface area (Å²) in [6.07, 6.45) is 1.03. The zero-order chi connectivity index (χ0) is 18.8. The number of hydrogen-bond acceptors (Lipinski definition) is 3. The zero-order valence-electron chi connectivity index (χ0n) is 14.0. The normalized spacial score (nSPS) is 11.2. The molecule has 1 N–H and O–H groups in total. The third kappa shape index (κ3) is 4.79. The molecule has 0 radical (unpaired) electrons. The second kappa shape index (κ2) is 7.53. The molecule has 2 aromatic rings. The fourth-order valence-electron chi connectivity index (χ4n) is 2.30. The number of carbonyl (C=O) groups is 1. The molecule has 0 heterocycles. The Bertz CT molecular complexity index is 916. The molecule has 134 valence electrons. The molecule has 0 spiro atoms. The topological polar surface area (TPSA) is 66.5 Å². The molecule has 0 aliphatic rings. The van der Waals surface area contributed by atoms with E-state index in [0.717, 1.165) is 21.7 Å². The van der Waals surface area contributed by atoms with Gasteiger partial charge in [-0.25, -0.2) is 12.8 Å². The van der Waals surface area contributed by atoms with Gasteiger partial charge in [-0.2, -0.15) is 0 Å². The number of nitrogens with zero attached hydrogens (tertiary/aromatic N) is 1. The van der Waals surface area contributed by atoms with Crippen molar-refractivity contribution in [3.63, 3.8) is 0 Å². The predicted octanol–water partition coefficient (Wildman–Crippen LogP) is 3.61. The molecule has 0 fully saturated rings. The predicted molar refractivity (Wildman–Crippen MR) is 101 cm³/mol. The van der Waals surface area contributed by atoms with Crippen LogP contribution in [0.1, 0.15) is 11.1 Å². The van der Waals surface area contributed by atoms with Gasteiger partial charge in [-0.1, -0.05) is 28.1 Å². The number of sulfonamides is 1. The van der Waals surface area contributed by atoms with Crippen LogP contribution in [0, 0.1) is 19.7 Å². The molecule has 1 amide bonds. The SMILES string of the molecule is Cc1cccc(N(CC(=O)Nc2ccc(Br)cc2F)S(C)(=O)=O)c1C. The standard InChI is InChI=1S/C17H18BrFN2O3S/c1-11-5-4-6-16(12(11)2)21(25(3,23)24)10-17(22)20-15-8-7-13(18)9-14(15)19/h4-9H,10H2,1-3H3,(H,20,22). The summed E-state index contributed by atoms with van der Waals surface area (Å²) in [7, 11) is -3.69. The lowest BCUT2D eigenvalue weighted by molar-refractivity contribution is -0.114. The maximum atomic E-state index is 13.8. The smallest absolute Gasteiger partial charge is 0.245 e. The van der Waals surface area contributed by atoms with E-state index in [1.165, 1.54) is 12.1 Å². The van der Waals surface area contributed by atoms with Crippen LogP contribution in [-0.2, 0) is 14.8 Å². The fraction of sp³-hybridized carbons (Fsp3) is 0.235. The second-order valence-corrected chi connectivity index (χ2v) is 8.48. The van der Waals surface area contributed by atoms with E-state index in [1.807, 2.05) is 13.0 Å². The van der Waals surface area contributed by atoms with Crippen molar-refractivity contribution in [2.24, 2.45) is 0 Å². The molecule has 5 nitrogen and oxygen atoms in total. The largest absolute Gasteiger partial charge is 0.322 e. The number of halogens is 2. The van der Waals surface area contributed by atoms with E-state index >= 15 is 0 Å². The lowest BCUT2D eigenvalue weighted by Crippen LogP contribution is -2.38. The molecular weight excluding hydrogens is 411 g/mol. The van der Waals surface area contributed by atoms with E-state index in [9.17, 15) is 17.6 Å². The third-order valence-corrected chi connectivity index (χ3v) is 5.36. The average Bonchev–Trinajstić information content (AvgIpc) is 2.50. The van der Waals surface area contributed by atoms with E-state index in [2.05, 4.69) is 21.2 Å². The molecule has 0 saturated carbocycles. The van der Waals surface area contributed by atoms with Gasteiger partial charge in [-0.15, -0.1) is 0 Å². The molecule has 8 heteroatoms. The number of hydrogen-bond donors (Lipinski definition) is 1. The molecular formula is C17H18BrFN2O3S. The van der Waals surface area contributed by atoms with E-state index in [0.29, 0.717) is 10.2 Å². The lowest BCUT2D eigenvalue weighted by Gasteiger charge is -2.24. The van der Waals surface area contributed by atoms with Gasteiger partial charge in [-0.3, -0.25) is 9.10 Å². The van der Waals surface area contributed by atoms with Crippen molar-refractivity contribution in [3.05, 3.63) is 57.8 Å². The molecule has 0 atom stereocenters. The highest BCUT2D eigenvalue weighted by atomic mass is 79.9. The highest BCUT2D eigenvalue weighted by Crippen LogP contribution is 2.25. The van der Waals surface area contributed by atoms with Crippen LogP contribution >= 0.6 is 15.9 Å². The minimum atomic E-state index is -3.69. The van der Waals surface area contributed by atoms with Crippen LogP contribution in [0.2, 0.25) is 0 Å². The van der Waals surface area contributed by atoms with Gasteiger partial charge in [0.25, 0.3) is 0 Å². The van der Waals surface area contributed by atoms with Crippen LogP contribution in [0.4, 0.5) is 15.8 Å². The van der Waals surface area contributed by atoms with Crippen LogP contribution in [0.25, 0.3) is 0 Å². The monoisotopic (exact) mass is 428 g/mol. The van der Waals surface area contributed by atoms with Gasteiger partial charge in [0.15, 0.2) is 0 Å². The maximum absolute atomic E-state index is 13.8. The number of benzene rings is 2. The number of carbonyl (C=O) groups excluding carboxylic acids is 1. The number of rotatable bonds is 5. The summed E-state index contributed by atoms with van der Waals surface area (Å²) in [5.74, 6) is -1.24. The number of anilines is 2. The Hall–Kier alpha value is -1.93. The van der Waals surface area contributed by atoms with Crippen molar-refractivity contribution in [2.75, 3.05) is 22.4 Å². The maximum Gasteiger partial charge on any atom is 0.245 e. The number of aryl methyl sites for hydroxylation is 1. The Labute approximate surface area is 155 Å². The van der Waals surface area contributed by atoms with Crippen LogP contribution in [0.15, 0.2) is 40.9 Å². The first-order chi connectivity index (χ1) is 11.6. The Morgan fingerprint density at radius 1 is 1.24 bits per heavy atom. The highest BCUT2D eigenvalue weighted by Gasteiger charge is 2.23. The summed E-state index contributed by atoms with van der Waals surface area (Å²) in [5, 5.41) is 2.40. The Kier molecular flexibility index (Phi) is 5.84. The molecule has 2 aromatic carbocycles. The van der Waals surface area contributed by atoms with Gasteiger partial charge in [0, 0.05) is 4.47 Å². The van der Waals surface area contributed by atoms with Crippen molar-refractivity contribution < 1.29 is 17.6 Å². The third-order valence-electron chi connectivity index (χ3n) is 3.74. The van der Waals surface area contributed by atoms with Crippen molar-refractivity contribution in [3.8, 4) is 0 Å². The van der Waals surface area contributed by atoms with Crippen LogP contribution in [-0.4, -0.2) is 27.1 Å². The minimum absolute atomic E-state index is 0.0115. The van der Waals surface area contributed by atoms with Gasteiger partial charge in [-0.05, 0) is 49.2 Å². The van der Waals surface area contributed by atoms with Crippen LogP contribution in [0.5, 0.6) is 0 Å². The lowest BCUT2D eigenvalue weighted by atomic mass is 10.1. The van der Waals surface area contributed by atoms with Gasteiger partial charge in [0.2, 0.25) is 15.9 Å². The first-order valence-corrected chi connectivity index (χ1v) is 10.0. The van der Waals surface area contributed by atoms with E-state index in [-0.39, 0.29) is 5.69 Å². The minimum Gasteiger partial charge on any atom is -0.322 e. The highest BCUT2D eigenvalue weighted by molar-refractivity contribution is 9.10. The van der Waals surface area contributed by atoms with Gasteiger partial charge in [0.1, 0.15) is 12.4 Å². The first-order valence-electron chi connectivity index (χ1n) is 7.38. The molecule has 0 aliphatic carbocycles. The van der Waals surface area contributed by atoms with E-state index in [4.69, 9.17) is 0 Å². The van der Waals surface area contributed by atoms with Crippen LogP contribution < -0.4 is 9.62 Å². The number of amides is 1. The molecule has 0 aromatic heterocycles. The quantitative estimate of drug-likeness (QED) is 0.790. The van der Waals surface area contributed by atoms with Gasteiger partial charge in [0.05, 0.1) is 17.6 Å². The second-order valence-electron chi connectivity index (χ2n) is 5.66. The van der Waals surface area contributed by atoms with Gasteiger partial charge >= 0.3 is 0 Å². The molecule has 2 rings (SSSR count). The fourth-order valence-corrected chi connectivity index (χ4v) is 3.54. The van der Waals surface area contributed by atoms with Crippen molar-refractivity contribution in [2.45, 2.75) is 13.8 Å².